The molecule has 3 heterocycles. The number of nitrogens with one attached hydrogen (secondary N) is 1. The van der Waals surface area contributed by atoms with Crippen LogP contribution in [-0.2, 0) is 14.6 Å². The van der Waals surface area contributed by atoms with Gasteiger partial charge in [0.1, 0.15) is 17.3 Å². The minimum atomic E-state index is -3.71. The molecule has 0 aliphatic carbocycles. The van der Waals surface area contributed by atoms with Gasteiger partial charge in [-0.25, -0.2) is 13.3 Å². The molecule has 0 radical (unpaired) electrons. The number of benzene rings is 1. The number of carbonyl (C=O) groups excluding carboxylic acids is 1. The number of hydrogen-bond acceptors (Lipinski definition) is 8. The second kappa shape index (κ2) is 8.19. The van der Waals surface area contributed by atoms with Crippen molar-refractivity contribution >= 4 is 49.9 Å². The zero-order chi connectivity index (χ0) is 24.1. The summed E-state index contributed by atoms with van der Waals surface area (Å²) in [5.41, 5.74) is 3.11. The van der Waals surface area contributed by atoms with Crippen molar-refractivity contribution in [3.63, 3.8) is 0 Å². The first-order valence-electron chi connectivity index (χ1n) is 9.67. The van der Waals surface area contributed by atoms with Crippen molar-refractivity contribution in [1.82, 2.24) is 9.47 Å². The first-order chi connectivity index (χ1) is 15.6. The summed E-state index contributed by atoms with van der Waals surface area (Å²) in [6.45, 7) is 3.79. The predicted molar refractivity (Wildman–Crippen MR) is 128 cm³/mol. The molecule has 2 aromatic rings. The number of hydrogen-bond donors (Lipinski definition) is 1. The molecule has 0 atom stereocenters. The number of aliphatic imine (C=N–C) groups is 1. The van der Waals surface area contributed by atoms with Gasteiger partial charge in [-0.3, -0.25) is 10.2 Å². The summed E-state index contributed by atoms with van der Waals surface area (Å²) in [6, 6.07) is 7.34. The third kappa shape index (κ3) is 3.85. The maximum Gasteiger partial charge on any atom is 0.283 e. The molecule has 10 nitrogen and oxygen atoms in total. The molecule has 1 aromatic carbocycles. The molecule has 0 bridgehead atoms. The van der Waals surface area contributed by atoms with Crippen LogP contribution in [0.2, 0.25) is 0 Å². The Hall–Kier alpha value is -3.38. The number of ether oxygens (including phenoxy) is 2. The number of aryl methyl sites for hydroxylation is 1. The highest BCUT2D eigenvalue weighted by atomic mass is 32.2. The predicted octanol–water partition coefficient (Wildman–Crippen LogP) is 2.73. The molecule has 2 aliphatic rings. The average Bonchev–Trinajstić information content (AvgIpc) is 3.31. The Morgan fingerprint density at radius 1 is 1.15 bits per heavy atom. The van der Waals surface area contributed by atoms with Gasteiger partial charge in [-0.05, 0) is 43.7 Å². The van der Waals surface area contributed by atoms with Crippen LogP contribution in [0.4, 0.5) is 0 Å². The van der Waals surface area contributed by atoms with Gasteiger partial charge in [-0.15, -0.1) is 0 Å². The van der Waals surface area contributed by atoms with E-state index in [2.05, 4.69) is 9.39 Å². The Morgan fingerprint density at radius 2 is 1.88 bits per heavy atom. The molecule has 0 fully saturated rings. The summed E-state index contributed by atoms with van der Waals surface area (Å²) < 4.78 is 40.8. The molecule has 2 aliphatic heterocycles. The van der Waals surface area contributed by atoms with Crippen molar-refractivity contribution in [2.45, 2.75) is 13.8 Å². The van der Waals surface area contributed by atoms with Gasteiger partial charge in [-0.1, -0.05) is 0 Å². The highest BCUT2D eigenvalue weighted by Gasteiger charge is 2.41. The van der Waals surface area contributed by atoms with Crippen molar-refractivity contribution in [3.05, 3.63) is 46.8 Å². The molecular formula is C21H21N5O5S2. The van der Waals surface area contributed by atoms with Crippen LogP contribution in [0.25, 0.3) is 11.8 Å². The lowest BCUT2D eigenvalue weighted by molar-refractivity contribution is -0.114. The van der Waals surface area contributed by atoms with Crippen molar-refractivity contribution in [2.75, 3.05) is 20.5 Å². The molecule has 12 heteroatoms. The van der Waals surface area contributed by atoms with Crippen LogP contribution in [-0.4, -0.2) is 60.4 Å². The van der Waals surface area contributed by atoms with Gasteiger partial charge < -0.3 is 14.0 Å². The fraction of sp³-hybridized carbons (Fsp3) is 0.238. The lowest BCUT2D eigenvalue weighted by Gasteiger charge is -2.23. The average molecular weight is 488 g/mol. The maximum atomic E-state index is 12.7. The van der Waals surface area contributed by atoms with Gasteiger partial charge in [0.15, 0.2) is 0 Å². The quantitative estimate of drug-likeness (QED) is 0.519. The fourth-order valence-corrected chi connectivity index (χ4v) is 5.51. The number of rotatable bonds is 4. The number of sulfone groups is 1. The third-order valence-corrected chi connectivity index (χ3v) is 6.98. The fourth-order valence-electron chi connectivity index (χ4n) is 3.67. The Balaban J connectivity index is 1.80. The molecule has 1 aromatic heterocycles. The number of nitrogens with zero attached hydrogens (tertiary/aromatic N) is 4. The Kier molecular flexibility index (Phi) is 5.66. The number of methoxy groups -OCH3 is 2. The van der Waals surface area contributed by atoms with Gasteiger partial charge in [0.05, 0.1) is 37.4 Å². The Labute approximate surface area is 195 Å². The van der Waals surface area contributed by atoms with E-state index >= 15 is 0 Å². The molecule has 0 saturated carbocycles. The van der Waals surface area contributed by atoms with Crippen LogP contribution in [0.3, 0.4) is 0 Å². The van der Waals surface area contributed by atoms with E-state index in [-0.39, 0.29) is 21.7 Å². The van der Waals surface area contributed by atoms with E-state index in [1.54, 1.807) is 26.4 Å². The standard InChI is InChI=1S/C21H21N5O5S2/c1-11-8-13(12(2)25(11)16-7-6-14(30-3)10-17(16)31-4)9-15-18(22)26-20(23-19(15)27)32-24-21(26)33(5,28)29/h6-10,22H,1-5H3/b15-9-,22-18?. The van der Waals surface area contributed by atoms with Crippen LogP contribution in [0.1, 0.15) is 17.0 Å². The normalized spacial score (nSPS) is 17.2. The molecule has 0 saturated heterocycles. The first kappa shape index (κ1) is 22.8. The van der Waals surface area contributed by atoms with Crippen LogP contribution >= 0.6 is 11.9 Å². The van der Waals surface area contributed by atoms with Crippen LogP contribution in [0.15, 0.2) is 39.2 Å². The molecule has 172 valence electrons. The summed E-state index contributed by atoms with van der Waals surface area (Å²) in [7, 11) is -0.565. The summed E-state index contributed by atoms with van der Waals surface area (Å²) in [5, 5.41) is 8.26. The molecular weight excluding hydrogens is 466 g/mol. The zero-order valence-electron chi connectivity index (χ0n) is 18.5. The highest BCUT2D eigenvalue weighted by molar-refractivity contribution is 8.16. The summed E-state index contributed by atoms with van der Waals surface area (Å²) >= 11 is 0.759. The number of aromatic nitrogens is 1. The summed E-state index contributed by atoms with van der Waals surface area (Å²) in [6.07, 6.45) is 2.54. The molecule has 1 amide bonds. The lowest BCUT2D eigenvalue weighted by atomic mass is 10.1. The Bertz CT molecular complexity index is 1400. The maximum absolute atomic E-state index is 12.7. The topological polar surface area (TPSA) is 126 Å². The highest BCUT2D eigenvalue weighted by Crippen LogP contribution is 2.33. The Morgan fingerprint density at radius 3 is 2.52 bits per heavy atom. The van der Waals surface area contributed by atoms with Crippen LogP contribution in [0.5, 0.6) is 11.5 Å². The molecule has 0 spiro atoms. The second-order valence-corrected chi connectivity index (χ2v) is 10.0. The van der Waals surface area contributed by atoms with E-state index in [4.69, 9.17) is 14.9 Å². The monoisotopic (exact) mass is 487 g/mol. The van der Waals surface area contributed by atoms with Gasteiger partial charge in [0.25, 0.3) is 5.91 Å². The third-order valence-electron chi connectivity index (χ3n) is 5.22. The number of fused-ring (bicyclic) bond motifs is 1. The first-order valence-corrected chi connectivity index (χ1v) is 12.3. The van der Waals surface area contributed by atoms with E-state index in [1.165, 1.54) is 0 Å². The minimum absolute atomic E-state index is 0.0282. The molecule has 0 unspecified atom stereocenters. The van der Waals surface area contributed by atoms with Crippen molar-refractivity contribution in [3.8, 4) is 17.2 Å². The smallest absolute Gasteiger partial charge is 0.283 e. The minimum Gasteiger partial charge on any atom is -0.497 e. The van der Waals surface area contributed by atoms with Crippen molar-refractivity contribution in [2.24, 2.45) is 9.39 Å². The summed E-state index contributed by atoms with van der Waals surface area (Å²) in [5.74, 6) is 0.345. The largest absolute Gasteiger partial charge is 0.497 e. The summed E-state index contributed by atoms with van der Waals surface area (Å²) in [4.78, 5) is 17.7. The number of amides is 1. The van der Waals surface area contributed by atoms with E-state index < -0.39 is 15.7 Å². The van der Waals surface area contributed by atoms with Crippen LogP contribution in [0, 0.1) is 19.3 Å². The van der Waals surface area contributed by atoms with Crippen molar-refractivity contribution < 1.29 is 22.7 Å². The van der Waals surface area contributed by atoms with Gasteiger partial charge >= 0.3 is 0 Å². The molecule has 33 heavy (non-hydrogen) atoms. The van der Waals surface area contributed by atoms with Crippen LogP contribution < -0.4 is 9.47 Å². The van der Waals surface area contributed by atoms with Gasteiger partial charge in [0.2, 0.25) is 20.2 Å². The SMILES string of the molecule is COc1ccc(-n2c(C)cc(/C=C3/C(=N)N4C(=NC3=O)SN=C4S(C)(=O)=O)c2C)c(OC)c1. The molecule has 1 N–H and O–H groups in total. The van der Waals surface area contributed by atoms with E-state index in [0.717, 1.165) is 40.2 Å². The van der Waals surface area contributed by atoms with E-state index in [1.807, 2.05) is 36.6 Å². The van der Waals surface area contributed by atoms with Gasteiger partial charge in [-0.2, -0.15) is 9.39 Å². The zero-order valence-corrected chi connectivity index (χ0v) is 20.2. The van der Waals surface area contributed by atoms with E-state index in [0.29, 0.717) is 17.1 Å². The number of amidine groups is 3. The number of carbonyl (C=O) groups is 1. The van der Waals surface area contributed by atoms with Gasteiger partial charge in [0, 0.05) is 23.7 Å². The van der Waals surface area contributed by atoms with E-state index in [9.17, 15) is 13.2 Å². The molecule has 4 rings (SSSR count). The lowest BCUT2D eigenvalue weighted by Crippen LogP contribution is -2.45. The van der Waals surface area contributed by atoms with Crippen molar-refractivity contribution in [1.29, 1.82) is 5.41 Å². The second-order valence-electron chi connectivity index (χ2n) is 7.38.